The summed E-state index contributed by atoms with van der Waals surface area (Å²) in [4.78, 5) is 12.9. The van der Waals surface area contributed by atoms with E-state index in [-0.39, 0.29) is 11.2 Å². The second-order valence-corrected chi connectivity index (χ2v) is 5.12. The number of hydrogen-bond donors (Lipinski definition) is 1. The van der Waals surface area contributed by atoms with Gasteiger partial charge in [-0.3, -0.25) is 4.79 Å². The molecule has 17 heavy (non-hydrogen) atoms. The fourth-order valence-electron chi connectivity index (χ4n) is 1.33. The maximum atomic E-state index is 11.7. The molecule has 0 aliphatic carbocycles. The minimum atomic E-state index is -0.0695. The van der Waals surface area contributed by atoms with Gasteiger partial charge in [-0.25, -0.2) is 0 Å². The largest absolute Gasteiger partial charge is 0.385 e. The van der Waals surface area contributed by atoms with Gasteiger partial charge in [-0.15, -0.1) is 11.8 Å². The first-order valence-corrected chi connectivity index (χ1v) is 6.60. The quantitative estimate of drug-likeness (QED) is 0.598. The monoisotopic (exact) mass is 253 g/mol. The molecule has 0 saturated heterocycles. The summed E-state index contributed by atoms with van der Waals surface area (Å²) in [6.45, 7) is 3.27. The molecule has 1 aromatic carbocycles. The van der Waals surface area contributed by atoms with Crippen molar-refractivity contribution in [3.63, 3.8) is 0 Å². The van der Waals surface area contributed by atoms with Crippen LogP contribution < -0.4 is 5.32 Å². The minimum absolute atomic E-state index is 0.0695. The molecular weight excluding hydrogens is 234 g/mol. The molecule has 0 aliphatic rings. The van der Waals surface area contributed by atoms with Gasteiger partial charge in [0.25, 0.3) is 0 Å². The topological polar surface area (TPSA) is 38.3 Å². The van der Waals surface area contributed by atoms with Crippen molar-refractivity contribution >= 4 is 17.7 Å². The number of hydrogen-bond acceptors (Lipinski definition) is 3. The van der Waals surface area contributed by atoms with E-state index in [1.165, 1.54) is 0 Å². The van der Waals surface area contributed by atoms with Gasteiger partial charge in [-0.05, 0) is 25.5 Å². The fourth-order valence-corrected chi connectivity index (χ4v) is 2.24. The van der Waals surface area contributed by atoms with Crippen LogP contribution in [0.25, 0.3) is 0 Å². The SMILES string of the molecule is COCCCNC(=O)[C@H](C)Sc1ccccc1. The second-order valence-electron chi connectivity index (χ2n) is 3.71. The third-order valence-corrected chi connectivity index (χ3v) is 3.36. The molecule has 1 atom stereocenters. The molecule has 0 heterocycles. The number of amides is 1. The maximum Gasteiger partial charge on any atom is 0.233 e. The summed E-state index contributed by atoms with van der Waals surface area (Å²) in [6, 6.07) is 9.95. The van der Waals surface area contributed by atoms with Gasteiger partial charge in [0.2, 0.25) is 5.91 Å². The van der Waals surface area contributed by atoms with Crippen molar-refractivity contribution in [2.24, 2.45) is 0 Å². The maximum absolute atomic E-state index is 11.7. The van der Waals surface area contributed by atoms with Crippen LogP contribution in [0.2, 0.25) is 0 Å². The van der Waals surface area contributed by atoms with Gasteiger partial charge < -0.3 is 10.1 Å². The molecule has 0 radical (unpaired) electrons. The Labute approximate surface area is 107 Å². The molecule has 1 N–H and O–H groups in total. The van der Waals surface area contributed by atoms with Crippen LogP contribution >= 0.6 is 11.8 Å². The highest BCUT2D eigenvalue weighted by molar-refractivity contribution is 8.00. The van der Waals surface area contributed by atoms with E-state index in [9.17, 15) is 4.79 Å². The number of ether oxygens (including phenoxy) is 1. The normalized spacial score (nSPS) is 12.1. The molecule has 1 aromatic rings. The van der Waals surface area contributed by atoms with Crippen molar-refractivity contribution < 1.29 is 9.53 Å². The molecule has 0 unspecified atom stereocenters. The summed E-state index contributed by atoms with van der Waals surface area (Å²) in [6.07, 6.45) is 0.852. The molecule has 0 saturated carbocycles. The van der Waals surface area contributed by atoms with Crippen molar-refractivity contribution in [3.05, 3.63) is 30.3 Å². The Balaban J connectivity index is 2.27. The van der Waals surface area contributed by atoms with Crippen LogP contribution in [0.4, 0.5) is 0 Å². The summed E-state index contributed by atoms with van der Waals surface area (Å²) >= 11 is 1.57. The van der Waals surface area contributed by atoms with E-state index in [1.807, 2.05) is 37.3 Å². The molecule has 1 rings (SSSR count). The molecule has 94 valence electrons. The van der Waals surface area contributed by atoms with Crippen molar-refractivity contribution in [1.82, 2.24) is 5.32 Å². The molecule has 0 aliphatic heterocycles. The van der Waals surface area contributed by atoms with Gasteiger partial charge in [0.1, 0.15) is 0 Å². The van der Waals surface area contributed by atoms with Crippen molar-refractivity contribution in [1.29, 1.82) is 0 Å². The van der Waals surface area contributed by atoms with Crippen LogP contribution in [-0.4, -0.2) is 31.4 Å². The minimum Gasteiger partial charge on any atom is -0.385 e. The molecule has 0 spiro atoms. The lowest BCUT2D eigenvalue weighted by molar-refractivity contribution is -0.120. The van der Waals surface area contributed by atoms with Crippen LogP contribution in [0.3, 0.4) is 0 Å². The van der Waals surface area contributed by atoms with Crippen LogP contribution in [0.5, 0.6) is 0 Å². The molecule has 0 aromatic heterocycles. The Hall–Kier alpha value is -1.00. The summed E-state index contributed by atoms with van der Waals surface area (Å²) in [7, 11) is 1.66. The van der Waals surface area contributed by atoms with Crippen molar-refractivity contribution in [2.45, 2.75) is 23.5 Å². The van der Waals surface area contributed by atoms with Crippen molar-refractivity contribution in [2.75, 3.05) is 20.3 Å². The van der Waals surface area contributed by atoms with Gasteiger partial charge >= 0.3 is 0 Å². The third-order valence-electron chi connectivity index (χ3n) is 2.25. The lowest BCUT2D eigenvalue weighted by atomic mass is 10.4. The first kappa shape index (κ1) is 14.1. The number of carbonyl (C=O) groups is 1. The number of methoxy groups -OCH3 is 1. The van der Waals surface area contributed by atoms with E-state index in [1.54, 1.807) is 18.9 Å². The molecular formula is C13H19NO2S. The van der Waals surface area contributed by atoms with E-state index in [0.29, 0.717) is 13.2 Å². The van der Waals surface area contributed by atoms with Crippen LogP contribution in [0, 0.1) is 0 Å². The van der Waals surface area contributed by atoms with Gasteiger partial charge in [0.15, 0.2) is 0 Å². The third kappa shape index (κ3) is 5.75. The average molecular weight is 253 g/mol. The summed E-state index contributed by atoms with van der Waals surface area (Å²) in [5.74, 6) is 0.0787. The first-order chi connectivity index (χ1) is 8.24. The molecule has 0 fully saturated rings. The number of benzene rings is 1. The lowest BCUT2D eigenvalue weighted by Gasteiger charge is -2.11. The summed E-state index contributed by atoms with van der Waals surface area (Å²) in [5, 5.41) is 2.83. The van der Waals surface area contributed by atoms with Crippen molar-refractivity contribution in [3.8, 4) is 0 Å². The van der Waals surface area contributed by atoms with E-state index in [0.717, 1.165) is 11.3 Å². The Kier molecular flexibility index (Phi) is 6.74. The van der Waals surface area contributed by atoms with E-state index in [2.05, 4.69) is 5.32 Å². The second kappa shape index (κ2) is 8.14. The first-order valence-electron chi connectivity index (χ1n) is 5.72. The summed E-state index contributed by atoms with van der Waals surface area (Å²) in [5.41, 5.74) is 0. The standard InChI is InChI=1S/C13H19NO2S/c1-11(13(15)14-9-6-10-16-2)17-12-7-4-3-5-8-12/h3-5,7-8,11H,6,9-10H2,1-2H3,(H,14,15)/t11-/m0/s1. The zero-order chi connectivity index (χ0) is 12.5. The highest BCUT2D eigenvalue weighted by atomic mass is 32.2. The molecule has 3 nitrogen and oxygen atoms in total. The number of carbonyl (C=O) groups excluding carboxylic acids is 1. The van der Waals surface area contributed by atoms with Gasteiger partial charge in [0.05, 0.1) is 5.25 Å². The smallest absolute Gasteiger partial charge is 0.233 e. The predicted octanol–water partition coefficient (Wildman–Crippen LogP) is 2.32. The number of thioether (sulfide) groups is 1. The Morgan fingerprint density at radius 3 is 2.76 bits per heavy atom. The lowest BCUT2D eigenvalue weighted by Crippen LogP contribution is -2.32. The Morgan fingerprint density at radius 1 is 1.41 bits per heavy atom. The Morgan fingerprint density at radius 2 is 2.12 bits per heavy atom. The van der Waals surface area contributed by atoms with E-state index < -0.39 is 0 Å². The average Bonchev–Trinajstić information content (AvgIpc) is 2.35. The molecule has 0 bridgehead atoms. The van der Waals surface area contributed by atoms with Crippen LogP contribution in [0.1, 0.15) is 13.3 Å². The molecule has 4 heteroatoms. The molecule has 1 amide bonds. The van der Waals surface area contributed by atoms with E-state index in [4.69, 9.17) is 4.74 Å². The van der Waals surface area contributed by atoms with Gasteiger partial charge in [-0.1, -0.05) is 18.2 Å². The highest BCUT2D eigenvalue weighted by Crippen LogP contribution is 2.22. The van der Waals surface area contributed by atoms with Gasteiger partial charge in [0, 0.05) is 25.2 Å². The summed E-state index contributed by atoms with van der Waals surface area (Å²) < 4.78 is 4.92. The van der Waals surface area contributed by atoms with Gasteiger partial charge in [-0.2, -0.15) is 0 Å². The predicted molar refractivity (Wildman–Crippen MR) is 71.3 cm³/mol. The van der Waals surface area contributed by atoms with E-state index >= 15 is 0 Å². The fraction of sp³-hybridized carbons (Fsp3) is 0.462. The number of nitrogens with one attached hydrogen (secondary N) is 1. The Bertz CT molecular complexity index is 329. The zero-order valence-electron chi connectivity index (χ0n) is 10.3. The number of rotatable bonds is 7. The zero-order valence-corrected chi connectivity index (χ0v) is 11.1. The highest BCUT2D eigenvalue weighted by Gasteiger charge is 2.13. The van der Waals surface area contributed by atoms with Crippen LogP contribution in [0.15, 0.2) is 35.2 Å². The van der Waals surface area contributed by atoms with Crippen LogP contribution in [-0.2, 0) is 9.53 Å².